The van der Waals surface area contributed by atoms with Gasteiger partial charge in [0.1, 0.15) is 11.4 Å². The molecule has 2 aromatic heterocycles. The molecule has 0 aliphatic carbocycles. The molecule has 0 aromatic carbocycles. The second-order valence-electron chi connectivity index (χ2n) is 3.15. The van der Waals surface area contributed by atoms with Crippen molar-refractivity contribution < 1.29 is 5.11 Å². The van der Waals surface area contributed by atoms with Gasteiger partial charge in [-0.15, -0.1) is 0 Å². The first-order chi connectivity index (χ1) is 6.75. The Balaban J connectivity index is 2.28. The zero-order valence-corrected chi connectivity index (χ0v) is 7.88. The van der Waals surface area contributed by atoms with Crippen LogP contribution in [0.5, 0.6) is 5.75 Å². The van der Waals surface area contributed by atoms with E-state index in [0.717, 1.165) is 5.69 Å². The Bertz CT molecular complexity index is 423. The molecule has 0 unspecified atom stereocenters. The number of aryl methyl sites for hydroxylation is 1. The highest BCUT2D eigenvalue weighted by Gasteiger charge is 2.03. The highest BCUT2D eigenvalue weighted by Crippen LogP contribution is 2.15. The number of rotatable bonds is 2. The fraction of sp³-hybridized carbons (Fsp3) is 0.200. The fourth-order valence-corrected chi connectivity index (χ4v) is 1.27. The highest BCUT2D eigenvalue weighted by molar-refractivity contribution is 5.27. The normalized spacial score (nSPS) is 10.4. The van der Waals surface area contributed by atoms with Crippen molar-refractivity contribution in [3.8, 4) is 5.75 Å². The lowest BCUT2D eigenvalue weighted by Crippen LogP contribution is -2.00. The Labute approximate surface area is 81.9 Å². The summed E-state index contributed by atoms with van der Waals surface area (Å²) in [5.41, 5.74) is 1.57. The second-order valence-corrected chi connectivity index (χ2v) is 3.15. The Kier molecular flexibility index (Phi) is 2.18. The van der Waals surface area contributed by atoms with E-state index < -0.39 is 0 Å². The molecule has 0 saturated carbocycles. The van der Waals surface area contributed by atoms with Crippen molar-refractivity contribution in [1.82, 2.24) is 14.5 Å². The number of hydrogen-bond acceptors (Lipinski definition) is 3. The van der Waals surface area contributed by atoms with Crippen LogP contribution in [0, 0.1) is 6.92 Å². The molecule has 14 heavy (non-hydrogen) atoms. The van der Waals surface area contributed by atoms with E-state index in [2.05, 4.69) is 9.97 Å². The van der Waals surface area contributed by atoms with Crippen LogP contribution in [-0.4, -0.2) is 19.6 Å². The van der Waals surface area contributed by atoms with Gasteiger partial charge in [-0.2, -0.15) is 0 Å². The summed E-state index contributed by atoms with van der Waals surface area (Å²) in [5.74, 6) is 0.226. The number of hydrogen-bond donors (Lipinski definition) is 1. The van der Waals surface area contributed by atoms with Crippen LogP contribution in [0.3, 0.4) is 0 Å². The van der Waals surface area contributed by atoms with Gasteiger partial charge in [0.2, 0.25) is 0 Å². The summed E-state index contributed by atoms with van der Waals surface area (Å²) in [6, 6.07) is 3.45. The van der Waals surface area contributed by atoms with Crippen molar-refractivity contribution in [3.63, 3.8) is 0 Å². The minimum atomic E-state index is 0.226. The quantitative estimate of drug-likeness (QED) is 0.775. The number of imidazole rings is 1. The van der Waals surface area contributed by atoms with Gasteiger partial charge in [0.15, 0.2) is 0 Å². The minimum absolute atomic E-state index is 0.226. The molecule has 0 aliphatic rings. The first-order valence-corrected chi connectivity index (χ1v) is 4.37. The fourth-order valence-electron chi connectivity index (χ4n) is 1.27. The molecule has 0 atom stereocenters. The molecular weight excluding hydrogens is 178 g/mol. The molecule has 1 N–H and O–H groups in total. The maximum atomic E-state index is 9.54. The van der Waals surface area contributed by atoms with Crippen molar-refractivity contribution in [3.05, 3.63) is 42.2 Å². The van der Waals surface area contributed by atoms with Crippen LogP contribution < -0.4 is 0 Å². The second kappa shape index (κ2) is 3.49. The van der Waals surface area contributed by atoms with Gasteiger partial charge in [0.25, 0.3) is 0 Å². The summed E-state index contributed by atoms with van der Waals surface area (Å²) < 4.78 is 1.86. The standard InChI is InChI=1S/C10H11N3O/c1-8-2-3-10(14)9(12-8)6-13-5-4-11-7-13/h2-5,7,14H,6H2,1H3. The van der Waals surface area contributed by atoms with E-state index in [1.807, 2.05) is 17.7 Å². The third kappa shape index (κ3) is 1.74. The third-order valence-electron chi connectivity index (χ3n) is 1.98. The van der Waals surface area contributed by atoms with E-state index in [0.29, 0.717) is 12.2 Å². The Morgan fingerprint density at radius 1 is 1.43 bits per heavy atom. The van der Waals surface area contributed by atoms with Crippen LogP contribution in [0.1, 0.15) is 11.4 Å². The van der Waals surface area contributed by atoms with Crippen LogP contribution in [0.15, 0.2) is 30.9 Å². The molecular formula is C10H11N3O. The zero-order chi connectivity index (χ0) is 9.97. The summed E-state index contributed by atoms with van der Waals surface area (Å²) in [5, 5.41) is 9.54. The largest absolute Gasteiger partial charge is 0.506 e. The van der Waals surface area contributed by atoms with Crippen LogP contribution in [0.25, 0.3) is 0 Å². The molecule has 2 heterocycles. The SMILES string of the molecule is Cc1ccc(O)c(Cn2ccnc2)n1. The molecule has 72 valence electrons. The summed E-state index contributed by atoms with van der Waals surface area (Å²) in [4.78, 5) is 8.17. The summed E-state index contributed by atoms with van der Waals surface area (Å²) in [7, 11) is 0. The Hall–Kier alpha value is -1.84. The van der Waals surface area contributed by atoms with Crippen molar-refractivity contribution in [1.29, 1.82) is 0 Å². The van der Waals surface area contributed by atoms with Gasteiger partial charge < -0.3 is 9.67 Å². The summed E-state index contributed by atoms with van der Waals surface area (Å²) in [6.45, 7) is 2.45. The maximum absolute atomic E-state index is 9.54. The molecule has 2 aromatic rings. The zero-order valence-electron chi connectivity index (χ0n) is 7.88. The third-order valence-corrected chi connectivity index (χ3v) is 1.98. The maximum Gasteiger partial charge on any atom is 0.138 e. The number of aromatic hydroxyl groups is 1. The van der Waals surface area contributed by atoms with E-state index >= 15 is 0 Å². The number of aromatic nitrogens is 3. The Morgan fingerprint density at radius 3 is 3.00 bits per heavy atom. The predicted octanol–water partition coefficient (Wildman–Crippen LogP) is 1.34. The van der Waals surface area contributed by atoms with E-state index in [-0.39, 0.29) is 5.75 Å². The van der Waals surface area contributed by atoms with Crippen LogP contribution >= 0.6 is 0 Å². The summed E-state index contributed by atoms with van der Waals surface area (Å²) >= 11 is 0. The molecule has 0 aliphatic heterocycles. The average Bonchev–Trinajstić information content (AvgIpc) is 2.64. The van der Waals surface area contributed by atoms with E-state index in [4.69, 9.17) is 0 Å². The lowest BCUT2D eigenvalue weighted by Gasteiger charge is -2.04. The summed E-state index contributed by atoms with van der Waals surface area (Å²) in [6.07, 6.45) is 5.24. The van der Waals surface area contributed by atoms with Gasteiger partial charge in [-0.1, -0.05) is 0 Å². The average molecular weight is 189 g/mol. The van der Waals surface area contributed by atoms with Crippen molar-refractivity contribution >= 4 is 0 Å². The monoisotopic (exact) mass is 189 g/mol. The van der Waals surface area contributed by atoms with Gasteiger partial charge in [-0.05, 0) is 19.1 Å². The van der Waals surface area contributed by atoms with Crippen molar-refractivity contribution in [2.24, 2.45) is 0 Å². The van der Waals surface area contributed by atoms with E-state index in [9.17, 15) is 5.11 Å². The first kappa shape index (κ1) is 8.74. The molecule has 0 saturated heterocycles. The molecule has 0 spiro atoms. The van der Waals surface area contributed by atoms with Crippen molar-refractivity contribution in [2.45, 2.75) is 13.5 Å². The number of pyridine rings is 1. The van der Waals surface area contributed by atoms with Gasteiger partial charge in [0.05, 0.1) is 12.9 Å². The van der Waals surface area contributed by atoms with Gasteiger partial charge in [0, 0.05) is 18.1 Å². The molecule has 4 heteroatoms. The van der Waals surface area contributed by atoms with Crippen LogP contribution in [-0.2, 0) is 6.54 Å². The van der Waals surface area contributed by atoms with Crippen LogP contribution in [0.2, 0.25) is 0 Å². The van der Waals surface area contributed by atoms with Crippen LogP contribution in [0.4, 0.5) is 0 Å². The smallest absolute Gasteiger partial charge is 0.138 e. The molecule has 0 bridgehead atoms. The predicted molar refractivity (Wildman–Crippen MR) is 52.0 cm³/mol. The van der Waals surface area contributed by atoms with E-state index in [1.165, 1.54) is 0 Å². The lowest BCUT2D eigenvalue weighted by atomic mass is 10.3. The molecule has 2 rings (SSSR count). The van der Waals surface area contributed by atoms with Gasteiger partial charge >= 0.3 is 0 Å². The topological polar surface area (TPSA) is 50.9 Å². The minimum Gasteiger partial charge on any atom is -0.506 e. The molecule has 0 amide bonds. The molecule has 4 nitrogen and oxygen atoms in total. The lowest BCUT2D eigenvalue weighted by molar-refractivity contribution is 0.460. The highest BCUT2D eigenvalue weighted by atomic mass is 16.3. The van der Waals surface area contributed by atoms with Crippen molar-refractivity contribution in [2.75, 3.05) is 0 Å². The van der Waals surface area contributed by atoms with Gasteiger partial charge in [-0.25, -0.2) is 4.98 Å². The molecule has 0 radical (unpaired) electrons. The molecule has 0 fully saturated rings. The number of nitrogens with zero attached hydrogens (tertiary/aromatic N) is 3. The van der Waals surface area contributed by atoms with Gasteiger partial charge in [-0.3, -0.25) is 4.98 Å². The Morgan fingerprint density at radius 2 is 2.29 bits per heavy atom. The van der Waals surface area contributed by atoms with E-state index in [1.54, 1.807) is 24.7 Å². The first-order valence-electron chi connectivity index (χ1n) is 4.37.